The van der Waals surface area contributed by atoms with Crippen LogP contribution in [0.25, 0.3) is 0 Å². The minimum atomic E-state index is -0.0134. The van der Waals surface area contributed by atoms with Gasteiger partial charge in [-0.05, 0) is 24.6 Å². The summed E-state index contributed by atoms with van der Waals surface area (Å²) in [6.07, 6.45) is 0. The van der Waals surface area contributed by atoms with E-state index in [0.29, 0.717) is 44.5 Å². The molecule has 0 saturated carbocycles. The molecule has 0 fully saturated rings. The summed E-state index contributed by atoms with van der Waals surface area (Å²) in [7, 11) is 1.64. The van der Waals surface area contributed by atoms with Gasteiger partial charge in [-0.2, -0.15) is 0 Å². The third kappa shape index (κ3) is 5.92. The lowest BCUT2D eigenvalue weighted by Crippen LogP contribution is -2.10. The molecule has 0 unspecified atom stereocenters. The fourth-order valence-electron chi connectivity index (χ4n) is 1.49. The standard InChI is InChI=1S/C14H22O5/c1-3-18-14-10-12(11-15)4-5-13(14)19-9-8-17-7-6-16-2/h4-5,10,15H,3,6-9,11H2,1-2H3. The molecule has 0 aliphatic heterocycles. The highest BCUT2D eigenvalue weighted by Crippen LogP contribution is 2.28. The number of hydrogen-bond acceptors (Lipinski definition) is 5. The lowest BCUT2D eigenvalue weighted by atomic mass is 10.2. The summed E-state index contributed by atoms with van der Waals surface area (Å²) >= 11 is 0. The van der Waals surface area contributed by atoms with Gasteiger partial charge in [0.25, 0.3) is 0 Å². The van der Waals surface area contributed by atoms with E-state index in [1.165, 1.54) is 0 Å². The van der Waals surface area contributed by atoms with Crippen LogP contribution in [0.4, 0.5) is 0 Å². The van der Waals surface area contributed by atoms with Crippen LogP contribution in [0.1, 0.15) is 12.5 Å². The van der Waals surface area contributed by atoms with Gasteiger partial charge in [-0.25, -0.2) is 0 Å². The van der Waals surface area contributed by atoms with Gasteiger partial charge in [0, 0.05) is 7.11 Å². The number of hydrogen-bond donors (Lipinski definition) is 1. The van der Waals surface area contributed by atoms with Gasteiger partial charge in [0.15, 0.2) is 11.5 Å². The molecule has 1 rings (SSSR count). The molecular weight excluding hydrogens is 248 g/mol. The average molecular weight is 270 g/mol. The highest BCUT2D eigenvalue weighted by Gasteiger charge is 2.06. The van der Waals surface area contributed by atoms with E-state index in [1.807, 2.05) is 13.0 Å². The minimum Gasteiger partial charge on any atom is -0.490 e. The van der Waals surface area contributed by atoms with E-state index in [9.17, 15) is 0 Å². The lowest BCUT2D eigenvalue weighted by Gasteiger charge is -2.13. The zero-order valence-electron chi connectivity index (χ0n) is 11.6. The largest absolute Gasteiger partial charge is 0.490 e. The monoisotopic (exact) mass is 270 g/mol. The Bertz CT molecular complexity index is 354. The number of ether oxygens (including phenoxy) is 4. The van der Waals surface area contributed by atoms with Crippen LogP contribution in [0.3, 0.4) is 0 Å². The van der Waals surface area contributed by atoms with Crippen molar-refractivity contribution in [2.24, 2.45) is 0 Å². The van der Waals surface area contributed by atoms with Gasteiger partial charge in [-0.3, -0.25) is 0 Å². The van der Waals surface area contributed by atoms with Gasteiger partial charge in [0.05, 0.1) is 33.0 Å². The molecule has 0 heterocycles. The molecule has 1 N–H and O–H groups in total. The van der Waals surface area contributed by atoms with Crippen molar-refractivity contribution >= 4 is 0 Å². The summed E-state index contributed by atoms with van der Waals surface area (Å²) in [5.74, 6) is 1.31. The summed E-state index contributed by atoms with van der Waals surface area (Å²) < 4.78 is 21.3. The maximum absolute atomic E-state index is 9.09. The van der Waals surface area contributed by atoms with Crippen LogP contribution in [0.5, 0.6) is 11.5 Å². The van der Waals surface area contributed by atoms with Crippen LogP contribution < -0.4 is 9.47 Å². The van der Waals surface area contributed by atoms with Gasteiger partial charge in [0.1, 0.15) is 6.61 Å². The smallest absolute Gasteiger partial charge is 0.161 e. The van der Waals surface area contributed by atoms with E-state index in [0.717, 1.165) is 5.56 Å². The van der Waals surface area contributed by atoms with Gasteiger partial charge in [0.2, 0.25) is 0 Å². The minimum absolute atomic E-state index is 0.0134. The summed E-state index contributed by atoms with van der Waals surface area (Å²) in [4.78, 5) is 0. The Labute approximate surface area is 114 Å². The Morgan fingerprint density at radius 1 is 1.00 bits per heavy atom. The Kier molecular flexibility index (Phi) is 7.97. The number of benzene rings is 1. The molecule has 0 saturated heterocycles. The molecular formula is C14H22O5. The van der Waals surface area contributed by atoms with Crippen molar-refractivity contribution in [2.75, 3.05) is 40.1 Å². The second kappa shape index (κ2) is 9.61. The van der Waals surface area contributed by atoms with Gasteiger partial charge < -0.3 is 24.1 Å². The molecule has 0 bridgehead atoms. The molecule has 5 nitrogen and oxygen atoms in total. The molecule has 1 aromatic carbocycles. The first kappa shape index (κ1) is 15.8. The van der Waals surface area contributed by atoms with Gasteiger partial charge in [-0.1, -0.05) is 6.07 Å². The predicted molar refractivity (Wildman–Crippen MR) is 71.7 cm³/mol. The zero-order chi connectivity index (χ0) is 13.9. The fourth-order valence-corrected chi connectivity index (χ4v) is 1.49. The molecule has 0 spiro atoms. The van der Waals surface area contributed by atoms with E-state index in [4.69, 9.17) is 24.1 Å². The van der Waals surface area contributed by atoms with Crippen molar-refractivity contribution < 1.29 is 24.1 Å². The fraction of sp³-hybridized carbons (Fsp3) is 0.571. The first-order valence-corrected chi connectivity index (χ1v) is 6.37. The third-order valence-corrected chi connectivity index (χ3v) is 2.41. The molecule has 0 aromatic heterocycles. The number of methoxy groups -OCH3 is 1. The average Bonchev–Trinajstić information content (AvgIpc) is 2.44. The second-order valence-corrected chi connectivity index (χ2v) is 3.83. The Morgan fingerprint density at radius 3 is 2.47 bits per heavy atom. The first-order chi connectivity index (χ1) is 9.31. The van der Waals surface area contributed by atoms with Crippen molar-refractivity contribution in [1.82, 2.24) is 0 Å². The van der Waals surface area contributed by atoms with Crippen LogP contribution >= 0.6 is 0 Å². The molecule has 1 aromatic rings. The topological polar surface area (TPSA) is 57.2 Å². The number of aliphatic hydroxyl groups excluding tert-OH is 1. The zero-order valence-corrected chi connectivity index (χ0v) is 11.6. The van der Waals surface area contributed by atoms with Crippen LogP contribution in [0, 0.1) is 0 Å². The molecule has 0 radical (unpaired) electrons. The van der Waals surface area contributed by atoms with E-state index >= 15 is 0 Å². The molecule has 0 atom stereocenters. The van der Waals surface area contributed by atoms with Crippen molar-refractivity contribution in [1.29, 1.82) is 0 Å². The molecule has 0 aliphatic rings. The molecule has 108 valence electrons. The van der Waals surface area contributed by atoms with Crippen molar-refractivity contribution in [3.05, 3.63) is 23.8 Å². The second-order valence-electron chi connectivity index (χ2n) is 3.83. The van der Waals surface area contributed by atoms with Gasteiger partial charge in [-0.15, -0.1) is 0 Å². The van der Waals surface area contributed by atoms with Gasteiger partial charge >= 0.3 is 0 Å². The number of aliphatic hydroxyl groups is 1. The van der Waals surface area contributed by atoms with E-state index in [2.05, 4.69) is 0 Å². The van der Waals surface area contributed by atoms with Crippen LogP contribution in [0.2, 0.25) is 0 Å². The predicted octanol–water partition coefficient (Wildman–Crippen LogP) is 1.62. The molecule has 0 amide bonds. The van der Waals surface area contributed by atoms with Crippen LogP contribution in [-0.4, -0.2) is 45.3 Å². The highest BCUT2D eigenvalue weighted by molar-refractivity contribution is 5.42. The third-order valence-electron chi connectivity index (χ3n) is 2.41. The van der Waals surface area contributed by atoms with Crippen LogP contribution in [-0.2, 0) is 16.1 Å². The summed E-state index contributed by atoms with van der Waals surface area (Å²) in [6, 6.07) is 5.39. The normalized spacial score (nSPS) is 10.5. The summed E-state index contributed by atoms with van der Waals surface area (Å²) in [6.45, 7) is 4.52. The van der Waals surface area contributed by atoms with Crippen molar-refractivity contribution in [2.45, 2.75) is 13.5 Å². The highest BCUT2D eigenvalue weighted by atomic mass is 16.5. The molecule has 19 heavy (non-hydrogen) atoms. The first-order valence-electron chi connectivity index (χ1n) is 6.37. The van der Waals surface area contributed by atoms with E-state index in [1.54, 1.807) is 19.2 Å². The van der Waals surface area contributed by atoms with Crippen molar-refractivity contribution in [3.8, 4) is 11.5 Å². The van der Waals surface area contributed by atoms with E-state index in [-0.39, 0.29) is 6.61 Å². The van der Waals surface area contributed by atoms with Crippen LogP contribution in [0.15, 0.2) is 18.2 Å². The quantitative estimate of drug-likeness (QED) is 0.655. The Balaban J connectivity index is 2.43. The number of rotatable bonds is 10. The Morgan fingerprint density at radius 2 is 1.79 bits per heavy atom. The maximum atomic E-state index is 9.09. The summed E-state index contributed by atoms with van der Waals surface area (Å²) in [5.41, 5.74) is 0.798. The summed E-state index contributed by atoms with van der Waals surface area (Å²) in [5, 5.41) is 9.09. The molecule has 0 aliphatic carbocycles. The SMILES string of the molecule is CCOc1cc(CO)ccc1OCCOCCOC. The van der Waals surface area contributed by atoms with E-state index < -0.39 is 0 Å². The molecule has 5 heteroatoms. The Hall–Kier alpha value is -1.30. The van der Waals surface area contributed by atoms with Crippen molar-refractivity contribution in [3.63, 3.8) is 0 Å². The lowest BCUT2D eigenvalue weighted by molar-refractivity contribution is 0.0539. The maximum Gasteiger partial charge on any atom is 0.161 e.